The average molecular weight is 415 g/mol. The second kappa shape index (κ2) is 12.6. The van der Waals surface area contributed by atoms with Gasteiger partial charge in [0.1, 0.15) is 6.04 Å². The standard InChI is InChI=1S/C19H27ClN2O4S/c1-13(2)8-10-21-17(23)12-26-19(25)16(9-11-27-3)22-18(24)14-4-6-15(20)7-5-14/h4-7,13,16H,8-12H2,1-3H3,(H,21,23)(H,22,24)/t16-/m0/s1. The van der Waals surface area contributed by atoms with Crippen molar-refractivity contribution in [3.8, 4) is 0 Å². The number of hydrogen-bond acceptors (Lipinski definition) is 5. The van der Waals surface area contributed by atoms with Crippen LogP contribution in [0.3, 0.4) is 0 Å². The Kier molecular flexibility index (Phi) is 10.9. The van der Waals surface area contributed by atoms with Crippen molar-refractivity contribution in [2.24, 2.45) is 5.92 Å². The van der Waals surface area contributed by atoms with Crippen LogP contribution in [0.5, 0.6) is 0 Å². The lowest BCUT2D eigenvalue weighted by atomic mass is 10.1. The van der Waals surface area contributed by atoms with Crippen LogP contribution in [0.15, 0.2) is 24.3 Å². The third-order valence-electron chi connectivity index (χ3n) is 3.70. The lowest BCUT2D eigenvalue weighted by Gasteiger charge is -2.17. The van der Waals surface area contributed by atoms with Gasteiger partial charge in [-0.2, -0.15) is 11.8 Å². The summed E-state index contributed by atoms with van der Waals surface area (Å²) in [7, 11) is 0. The molecule has 2 amide bonds. The first-order valence-corrected chi connectivity index (χ1v) is 10.6. The largest absolute Gasteiger partial charge is 0.454 e. The minimum absolute atomic E-state index is 0.350. The number of rotatable bonds is 11. The van der Waals surface area contributed by atoms with Gasteiger partial charge in [0, 0.05) is 17.1 Å². The van der Waals surface area contributed by atoms with Gasteiger partial charge in [0.2, 0.25) is 0 Å². The molecule has 0 aliphatic rings. The molecule has 6 nitrogen and oxygen atoms in total. The molecule has 0 saturated heterocycles. The molecule has 0 aliphatic carbocycles. The van der Waals surface area contributed by atoms with Gasteiger partial charge in [0.25, 0.3) is 11.8 Å². The van der Waals surface area contributed by atoms with Crippen LogP contribution in [0.25, 0.3) is 0 Å². The summed E-state index contributed by atoms with van der Waals surface area (Å²) >= 11 is 7.37. The molecular weight excluding hydrogens is 388 g/mol. The van der Waals surface area contributed by atoms with Crippen LogP contribution in [0.2, 0.25) is 5.02 Å². The predicted molar refractivity (Wildman–Crippen MR) is 109 cm³/mol. The van der Waals surface area contributed by atoms with Crippen molar-refractivity contribution >= 4 is 41.1 Å². The molecule has 1 aromatic rings. The summed E-state index contributed by atoms with van der Waals surface area (Å²) in [6.45, 7) is 4.30. The van der Waals surface area contributed by atoms with Crippen molar-refractivity contribution in [1.29, 1.82) is 0 Å². The molecule has 0 bridgehead atoms. The molecule has 0 aromatic heterocycles. The van der Waals surface area contributed by atoms with Crippen LogP contribution in [0.1, 0.15) is 37.0 Å². The molecule has 8 heteroatoms. The van der Waals surface area contributed by atoms with E-state index in [-0.39, 0.29) is 12.5 Å². The third-order valence-corrected chi connectivity index (χ3v) is 4.59. The van der Waals surface area contributed by atoms with Crippen LogP contribution >= 0.6 is 23.4 Å². The fourth-order valence-corrected chi connectivity index (χ4v) is 2.71. The second-order valence-corrected chi connectivity index (χ2v) is 7.88. The molecule has 1 rings (SSSR count). The lowest BCUT2D eigenvalue weighted by molar-refractivity contribution is -0.150. The summed E-state index contributed by atoms with van der Waals surface area (Å²) in [5.74, 6) is -0.216. The minimum Gasteiger partial charge on any atom is -0.454 e. The van der Waals surface area contributed by atoms with Gasteiger partial charge in [-0.25, -0.2) is 4.79 Å². The zero-order valence-electron chi connectivity index (χ0n) is 15.9. The number of hydrogen-bond donors (Lipinski definition) is 2. The molecular formula is C19H27ClN2O4S. The Morgan fingerprint density at radius 2 is 1.81 bits per heavy atom. The average Bonchev–Trinajstić information content (AvgIpc) is 2.63. The summed E-state index contributed by atoms with van der Waals surface area (Å²) < 4.78 is 5.08. The van der Waals surface area contributed by atoms with E-state index in [1.165, 1.54) is 0 Å². The SMILES string of the molecule is CSCC[C@H](NC(=O)c1ccc(Cl)cc1)C(=O)OCC(=O)NCCC(C)C. The van der Waals surface area contributed by atoms with Crippen molar-refractivity contribution < 1.29 is 19.1 Å². The first-order chi connectivity index (χ1) is 12.8. The van der Waals surface area contributed by atoms with Gasteiger partial charge in [0.05, 0.1) is 0 Å². The maximum atomic E-state index is 12.3. The van der Waals surface area contributed by atoms with Gasteiger partial charge in [0.15, 0.2) is 6.61 Å². The van der Waals surface area contributed by atoms with Gasteiger partial charge in [-0.15, -0.1) is 0 Å². The van der Waals surface area contributed by atoms with E-state index in [9.17, 15) is 14.4 Å². The van der Waals surface area contributed by atoms with E-state index in [1.54, 1.807) is 36.0 Å². The van der Waals surface area contributed by atoms with Crippen LogP contribution in [-0.2, 0) is 14.3 Å². The van der Waals surface area contributed by atoms with Gasteiger partial charge in [-0.3, -0.25) is 9.59 Å². The van der Waals surface area contributed by atoms with E-state index in [4.69, 9.17) is 16.3 Å². The molecule has 0 spiro atoms. The summed E-state index contributed by atoms with van der Waals surface area (Å²) in [5, 5.41) is 5.89. The fraction of sp³-hybridized carbons (Fsp3) is 0.526. The highest BCUT2D eigenvalue weighted by molar-refractivity contribution is 7.98. The number of benzene rings is 1. The molecule has 150 valence electrons. The number of esters is 1. The Bertz CT molecular complexity index is 623. The lowest BCUT2D eigenvalue weighted by Crippen LogP contribution is -2.43. The van der Waals surface area contributed by atoms with Gasteiger partial charge >= 0.3 is 5.97 Å². The summed E-state index contributed by atoms with van der Waals surface area (Å²) in [4.78, 5) is 36.4. The number of amides is 2. The third kappa shape index (κ3) is 9.68. The van der Waals surface area contributed by atoms with Gasteiger partial charge < -0.3 is 15.4 Å². The number of carbonyl (C=O) groups is 3. The molecule has 0 fully saturated rings. The molecule has 0 saturated carbocycles. The first-order valence-electron chi connectivity index (χ1n) is 8.82. The molecule has 0 aliphatic heterocycles. The van der Waals surface area contributed by atoms with Crippen LogP contribution < -0.4 is 10.6 Å². The Balaban J connectivity index is 2.56. The number of ether oxygens (including phenoxy) is 1. The monoisotopic (exact) mass is 414 g/mol. The minimum atomic E-state index is -0.816. The zero-order valence-corrected chi connectivity index (χ0v) is 17.5. The Morgan fingerprint density at radius 3 is 2.41 bits per heavy atom. The van der Waals surface area contributed by atoms with E-state index >= 15 is 0 Å². The fourth-order valence-electron chi connectivity index (χ4n) is 2.12. The smallest absolute Gasteiger partial charge is 0.329 e. The van der Waals surface area contributed by atoms with Crippen molar-refractivity contribution in [2.45, 2.75) is 32.7 Å². The Labute approximate surface area is 169 Å². The summed E-state index contributed by atoms with van der Waals surface area (Å²) in [6, 6.07) is 5.55. The van der Waals surface area contributed by atoms with Crippen LogP contribution in [0, 0.1) is 5.92 Å². The van der Waals surface area contributed by atoms with Crippen molar-refractivity contribution in [3.05, 3.63) is 34.9 Å². The van der Waals surface area contributed by atoms with Crippen molar-refractivity contribution in [1.82, 2.24) is 10.6 Å². The highest BCUT2D eigenvalue weighted by atomic mass is 35.5. The van der Waals surface area contributed by atoms with Crippen LogP contribution in [0.4, 0.5) is 0 Å². The molecule has 1 aromatic carbocycles. The number of thioether (sulfide) groups is 1. The molecule has 0 radical (unpaired) electrons. The van der Waals surface area contributed by atoms with Crippen LogP contribution in [-0.4, -0.2) is 49.0 Å². The van der Waals surface area contributed by atoms with E-state index in [1.807, 2.05) is 6.26 Å². The number of nitrogens with one attached hydrogen (secondary N) is 2. The Hall–Kier alpha value is -1.73. The van der Waals surface area contributed by atoms with Crippen molar-refractivity contribution in [3.63, 3.8) is 0 Å². The molecule has 1 atom stereocenters. The van der Waals surface area contributed by atoms with Gasteiger partial charge in [-0.1, -0.05) is 25.4 Å². The van der Waals surface area contributed by atoms with Gasteiger partial charge in [-0.05, 0) is 55.0 Å². The van der Waals surface area contributed by atoms with E-state index < -0.39 is 17.9 Å². The molecule has 0 heterocycles. The number of halogens is 1. The normalized spacial score (nSPS) is 11.7. The van der Waals surface area contributed by atoms with E-state index in [0.29, 0.717) is 35.2 Å². The topological polar surface area (TPSA) is 84.5 Å². The molecule has 0 unspecified atom stereocenters. The highest BCUT2D eigenvalue weighted by Crippen LogP contribution is 2.10. The summed E-state index contributed by atoms with van der Waals surface area (Å²) in [5.41, 5.74) is 0.396. The van der Waals surface area contributed by atoms with E-state index in [0.717, 1.165) is 6.42 Å². The second-order valence-electron chi connectivity index (χ2n) is 6.45. The first kappa shape index (κ1) is 23.3. The highest BCUT2D eigenvalue weighted by Gasteiger charge is 2.23. The maximum absolute atomic E-state index is 12.3. The molecule has 27 heavy (non-hydrogen) atoms. The Morgan fingerprint density at radius 1 is 1.15 bits per heavy atom. The predicted octanol–water partition coefficient (Wildman–Crippen LogP) is 2.90. The zero-order chi connectivity index (χ0) is 20.2. The molecule has 2 N–H and O–H groups in total. The summed E-state index contributed by atoms with van der Waals surface area (Å²) in [6.07, 6.45) is 3.17. The quantitative estimate of drug-likeness (QED) is 0.544. The van der Waals surface area contributed by atoms with E-state index in [2.05, 4.69) is 24.5 Å². The maximum Gasteiger partial charge on any atom is 0.329 e. The number of carbonyl (C=O) groups excluding carboxylic acids is 3. The van der Waals surface area contributed by atoms with Crippen molar-refractivity contribution in [2.75, 3.05) is 25.2 Å².